The van der Waals surface area contributed by atoms with E-state index >= 15 is 0 Å². The summed E-state index contributed by atoms with van der Waals surface area (Å²) in [6.45, 7) is 4.67. The van der Waals surface area contributed by atoms with Crippen molar-refractivity contribution < 1.29 is 9.53 Å². The molecule has 8 heteroatoms. The number of piperazine rings is 1. The molecule has 0 N–H and O–H groups in total. The van der Waals surface area contributed by atoms with Crippen LogP contribution in [0.25, 0.3) is 5.65 Å². The average Bonchev–Trinajstić information content (AvgIpc) is 3.12. The van der Waals surface area contributed by atoms with Crippen LogP contribution >= 0.6 is 0 Å². The molecule has 1 saturated heterocycles. The molecule has 140 valence electrons. The van der Waals surface area contributed by atoms with Gasteiger partial charge in [0.05, 0.1) is 12.8 Å². The highest BCUT2D eigenvalue weighted by Crippen LogP contribution is 2.24. The number of aromatic nitrogens is 4. The van der Waals surface area contributed by atoms with Gasteiger partial charge in [-0.3, -0.25) is 9.20 Å². The van der Waals surface area contributed by atoms with Crippen LogP contribution in [0, 0.1) is 0 Å². The van der Waals surface area contributed by atoms with Crippen molar-refractivity contribution in [3.05, 3.63) is 48.2 Å². The van der Waals surface area contributed by atoms with E-state index in [2.05, 4.69) is 19.9 Å². The Bertz CT molecular complexity index is 947. The van der Waals surface area contributed by atoms with Crippen LogP contribution in [-0.2, 0) is 6.42 Å². The van der Waals surface area contributed by atoms with Crippen LogP contribution in [-0.4, -0.2) is 63.4 Å². The maximum Gasteiger partial charge on any atom is 0.272 e. The molecule has 4 heterocycles. The highest BCUT2D eigenvalue weighted by atomic mass is 16.5. The molecule has 1 amide bonds. The van der Waals surface area contributed by atoms with Crippen LogP contribution in [0.2, 0.25) is 0 Å². The van der Waals surface area contributed by atoms with E-state index in [0.717, 1.165) is 5.69 Å². The summed E-state index contributed by atoms with van der Waals surface area (Å²) in [6.07, 6.45) is 6.02. The van der Waals surface area contributed by atoms with Crippen molar-refractivity contribution >= 4 is 17.5 Å². The van der Waals surface area contributed by atoms with Gasteiger partial charge in [0.2, 0.25) is 5.95 Å². The first kappa shape index (κ1) is 17.3. The Morgan fingerprint density at radius 3 is 2.56 bits per heavy atom. The van der Waals surface area contributed by atoms with Crippen molar-refractivity contribution in [3.8, 4) is 5.75 Å². The molecule has 3 aromatic rings. The number of methoxy groups -OCH3 is 1. The van der Waals surface area contributed by atoms with Gasteiger partial charge >= 0.3 is 0 Å². The zero-order chi connectivity index (χ0) is 18.8. The SMILES string of the molecule is CCc1nc2c(OC)cccn2c1C(=O)N1CCN(c2ncccn2)CC1. The van der Waals surface area contributed by atoms with E-state index in [1.54, 1.807) is 25.6 Å². The van der Waals surface area contributed by atoms with Crippen LogP contribution in [0.15, 0.2) is 36.8 Å². The number of pyridine rings is 1. The Morgan fingerprint density at radius 2 is 1.89 bits per heavy atom. The Balaban J connectivity index is 1.59. The van der Waals surface area contributed by atoms with Crippen LogP contribution in [0.3, 0.4) is 0 Å². The van der Waals surface area contributed by atoms with E-state index in [9.17, 15) is 4.79 Å². The number of aryl methyl sites for hydroxylation is 1. The molecule has 3 aromatic heterocycles. The van der Waals surface area contributed by atoms with Gasteiger partial charge in [0.15, 0.2) is 11.4 Å². The molecule has 0 radical (unpaired) electrons. The quantitative estimate of drug-likeness (QED) is 0.699. The number of fused-ring (bicyclic) bond motifs is 1. The largest absolute Gasteiger partial charge is 0.493 e. The molecule has 0 bridgehead atoms. The summed E-state index contributed by atoms with van der Waals surface area (Å²) in [4.78, 5) is 30.5. The summed E-state index contributed by atoms with van der Waals surface area (Å²) >= 11 is 0. The van der Waals surface area contributed by atoms with Gasteiger partial charge in [-0.2, -0.15) is 0 Å². The summed E-state index contributed by atoms with van der Waals surface area (Å²) < 4.78 is 7.24. The highest BCUT2D eigenvalue weighted by Gasteiger charge is 2.28. The van der Waals surface area contributed by atoms with Crippen molar-refractivity contribution in [2.75, 3.05) is 38.2 Å². The highest BCUT2D eigenvalue weighted by molar-refractivity contribution is 5.95. The number of ether oxygens (including phenoxy) is 1. The zero-order valence-electron chi connectivity index (χ0n) is 15.5. The number of carbonyl (C=O) groups excluding carboxylic acids is 1. The average molecular weight is 366 g/mol. The topological polar surface area (TPSA) is 75.9 Å². The van der Waals surface area contributed by atoms with E-state index in [-0.39, 0.29) is 5.91 Å². The van der Waals surface area contributed by atoms with E-state index < -0.39 is 0 Å². The number of anilines is 1. The number of imidazole rings is 1. The molecule has 1 aliphatic rings. The van der Waals surface area contributed by atoms with E-state index in [0.29, 0.717) is 55.6 Å². The third-order valence-electron chi connectivity index (χ3n) is 4.85. The third kappa shape index (κ3) is 3.07. The Labute approximate surface area is 157 Å². The molecule has 0 unspecified atom stereocenters. The molecular formula is C19H22N6O2. The number of nitrogens with zero attached hydrogens (tertiary/aromatic N) is 6. The lowest BCUT2D eigenvalue weighted by Crippen LogP contribution is -2.49. The summed E-state index contributed by atoms with van der Waals surface area (Å²) in [5.41, 5.74) is 2.09. The fourth-order valence-electron chi connectivity index (χ4n) is 3.44. The summed E-state index contributed by atoms with van der Waals surface area (Å²) in [5, 5.41) is 0. The predicted octanol–water partition coefficient (Wildman–Crippen LogP) is 1.66. The van der Waals surface area contributed by atoms with Crippen LogP contribution in [0.5, 0.6) is 5.75 Å². The maximum absolute atomic E-state index is 13.3. The molecule has 1 aliphatic heterocycles. The molecular weight excluding hydrogens is 344 g/mol. The van der Waals surface area contributed by atoms with Gasteiger partial charge in [0.25, 0.3) is 5.91 Å². The van der Waals surface area contributed by atoms with Crippen molar-refractivity contribution in [1.82, 2.24) is 24.3 Å². The van der Waals surface area contributed by atoms with Crippen LogP contribution in [0.1, 0.15) is 23.1 Å². The zero-order valence-corrected chi connectivity index (χ0v) is 15.5. The standard InChI is InChI=1S/C19H22N6O2/c1-3-14-16(25-9-4-6-15(27-2)17(25)22-14)18(26)23-10-12-24(13-11-23)19-20-7-5-8-21-19/h4-9H,3,10-13H2,1-2H3. The lowest BCUT2D eigenvalue weighted by molar-refractivity contribution is 0.0738. The first-order valence-corrected chi connectivity index (χ1v) is 9.08. The lowest BCUT2D eigenvalue weighted by atomic mass is 10.2. The molecule has 0 atom stereocenters. The Morgan fingerprint density at radius 1 is 1.15 bits per heavy atom. The van der Waals surface area contributed by atoms with Crippen molar-refractivity contribution in [2.24, 2.45) is 0 Å². The molecule has 4 rings (SSSR count). The fraction of sp³-hybridized carbons (Fsp3) is 0.368. The molecule has 0 spiro atoms. The summed E-state index contributed by atoms with van der Waals surface area (Å²) in [7, 11) is 1.61. The lowest BCUT2D eigenvalue weighted by Gasteiger charge is -2.34. The number of carbonyl (C=O) groups is 1. The molecule has 0 saturated carbocycles. The van der Waals surface area contributed by atoms with Crippen molar-refractivity contribution in [3.63, 3.8) is 0 Å². The fourth-order valence-corrected chi connectivity index (χ4v) is 3.44. The number of amides is 1. The van der Waals surface area contributed by atoms with Gasteiger partial charge in [-0.25, -0.2) is 15.0 Å². The molecule has 27 heavy (non-hydrogen) atoms. The second-order valence-electron chi connectivity index (χ2n) is 6.36. The summed E-state index contributed by atoms with van der Waals surface area (Å²) in [6, 6.07) is 5.53. The van der Waals surface area contributed by atoms with Gasteiger partial charge in [-0.15, -0.1) is 0 Å². The minimum absolute atomic E-state index is 0.00114. The molecule has 0 aromatic carbocycles. The monoisotopic (exact) mass is 366 g/mol. The van der Waals surface area contributed by atoms with Gasteiger partial charge in [-0.05, 0) is 24.6 Å². The maximum atomic E-state index is 13.3. The smallest absolute Gasteiger partial charge is 0.272 e. The van der Waals surface area contributed by atoms with Gasteiger partial charge in [0.1, 0.15) is 5.69 Å². The number of hydrogen-bond donors (Lipinski definition) is 0. The second-order valence-corrected chi connectivity index (χ2v) is 6.36. The van der Waals surface area contributed by atoms with Gasteiger partial charge in [-0.1, -0.05) is 6.92 Å². The van der Waals surface area contributed by atoms with Crippen molar-refractivity contribution in [1.29, 1.82) is 0 Å². The van der Waals surface area contributed by atoms with Gasteiger partial charge < -0.3 is 14.5 Å². The van der Waals surface area contributed by atoms with E-state index in [1.807, 2.05) is 34.6 Å². The van der Waals surface area contributed by atoms with Crippen molar-refractivity contribution in [2.45, 2.75) is 13.3 Å². The molecule has 1 fully saturated rings. The third-order valence-corrected chi connectivity index (χ3v) is 4.85. The first-order chi connectivity index (χ1) is 13.2. The Hall–Kier alpha value is -3.16. The van der Waals surface area contributed by atoms with Gasteiger partial charge in [0, 0.05) is 44.8 Å². The predicted molar refractivity (Wildman–Crippen MR) is 101 cm³/mol. The number of hydrogen-bond acceptors (Lipinski definition) is 6. The first-order valence-electron chi connectivity index (χ1n) is 9.08. The van der Waals surface area contributed by atoms with E-state index in [1.165, 1.54) is 0 Å². The summed E-state index contributed by atoms with van der Waals surface area (Å²) in [5.74, 6) is 1.37. The normalized spacial score (nSPS) is 14.6. The molecule has 0 aliphatic carbocycles. The minimum atomic E-state index is 0.00114. The number of rotatable bonds is 4. The van der Waals surface area contributed by atoms with Crippen LogP contribution < -0.4 is 9.64 Å². The Kier molecular flexibility index (Phi) is 4.62. The molecule has 8 nitrogen and oxygen atoms in total. The van der Waals surface area contributed by atoms with Crippen LogP contribution in [0.4, 0.5) is 5.95 Å². The van der Waals surface area contributed by atoms with E-state index in [4.69, 9.17) is 4.74 Å². The second kappa shape index (κ2) is 7.22. The minimum Gasteiger partial charge on any atom is -0.493 e.